The summed E-state index contributed by atoms with van der Waals surface area (Å²) in [6.45, 7) is -1.34. The summed E-state index contributed by atoms with van der Waals surface area (Å²) in [7, 11) is 0. The lowest BCUT2D eigenvalue weighted by Crippen LogP contribution is -2.57. The van der Waals surface area contributed by atoms with E-state index < -0.39 is 60.9 Å². The van der Waals surface area contributed by atoms with Crippen LogP contribution in [0.5, 0.6) is 0 Å². The predicted molar refractivity (Wildman–Crippen MR) is 100 cm³/mol. The number of nitrogens with two attached hydrogens (primary N) is 2. The van der Waals surface area contributed by atoms with Crippen LogP contribution in [0.25, 0.3) is 0 Å². The van der Waals surface area contributed by atoms with Crippen LogP contribution in [0.3, 0.4) is 0 Å². The number of hydrogen-bond donors (Lipinski definition) is 8. The summed E-state index contributed by atoms with van der Waals surface area (Å²) in [6, 6.07) is -3.76. The third kappa shape index (κ3) is 8.66. The van der Waals surface area contributed by atoms with Crippen LogP contribution in [-0.4, -0.2) is 81.1 Å². The molecule has 0 radical (unpaired) electrons. The van der Waals surface area contributed by atoms with E-state index in [0.717, 1.165) is 0 Å². The van der Waals surface area contributed by atoms with Crippen molar-refractivity contribution < 1.29 is 34.2 Å². The molecule has 3 unspecified atom stereocenters. The first kappa shape index (κ1) is 24.5. The van der Waals surface area contributed by atoms with Gasteiger partial charge < -0.3 is 42.6 Å². The van der Waals surface area contributed by atoms with Crippen LogP contribution in [-0.2, 0) is 30.4 Å². The third-order valence-corrected chi connectivity index (χ3v) is 3.87. The molecule has 166 valence electrons. The summed E-state index contributed by atoms with van der Waals surface area (Å²) >= 11 is 0. The van der Waals surface area contributed by atoms with Crippen molar-refractivity contribution in [2.75, 3.05) is 13.2 Å². The van der Waals surface area contributed by atoms with E-state index in [0.29, 0.717) is 5.69 Å². The Morgan fingerprint density at radius 2 is 1.77 bits per heavy atom. The quantitative estimate of drug-likeness (QED) is 0.151. The Morgan fingerprint density at radius 3 is 2.30 bits per heavy atom. The molecular weight excluding hydrogens is 402 g/mol. The van der Waals surface area contributed by atoms with E-state index in [2.05, 4.69) is 25.9 Å². The lowest BCUT2D eigenvalue weighted by atomic mass is 10.1. The molecule has 30 heavy (non-hydrogen) atoms. The molecule has 1 aromatic rings. The number of aromatic amines is 1. The average molecular weight is 427 g/mol. The summed E-state index contributed by atoms with van der Waals surface area (Å²) in [5.74, 6) is -4.47. The summed E-state index contributed by atoms with van der Waals surface area (Å²) in [5, 5.41) is 24.5. The Balaban J connectivity index is 2.94. The molecule has 3 atom stereocenters. The summed E-state index contributed by atoms with van der Waals surface area (Å²) in [5.41, 5.74) is 11.0. The summed E-state index contributed by atoms with van der Waals surface area (Å²) in [4.78, 5) is 65.2. The number of imidazole rings is 1. The van der Waals surface area contributed by atoms with Gasteiger partial charge in [-0.3, -0.25) is 24.0 Å². The highest BCUT2D eigenvalue weighted by Gasteiger charge is 2.29. The number of aliphatic carboxylic acids is 1. The molecule has 0 bridgehead atoms. The number of rotatable bonds is 13. The second-order valence-corrected chi connectivity index (χ2v) is 6.31. The number of nitrogens with zero attached hydrogens (tertiary/aromatic N) is 1. The molecule has 0 saturated heterocycles. The summed E-state index contributed by atoms with van der Waals surface area (Å²) in [6.07, 6.45) is 2.30. The number of hydrogen-bond acceptors (Lipinski definition) is 8. The molecule has 0 saturated carbocycles. The molecule has 14 nitrogen and oxygen atoms in total. The minimum atomic E-state index is -1.30. The third-order valence-electron chi connectivity index (χ3n) is 3.87. The predicted octanol–water partition coefficient (Wildman–Crippen LogP) is -4.29. The monoisotopic (exact) mass is 427 g/mol. The second kappa shape index (κ2) is 12.1. The molecule has 0 aromatic carbocycles. The van der Waals surface area contributed by atoms with E-state index in [1.165, 1.54) is 12.5 Å². The van der Waals surface area contributed by atoms with Crippen LogP contribution in [0.4, 0.5) is 0 Å². The maximum atomic E-state index is 12.7. The van der Waals surface area contributed by atoms with Crippen molar-refractivity contribution in [2.24, 2.45) is 11.5 Å². The number of nitrogens with one attached hydrogen (secondary N) is 4. The van der Waals surface area contributed by atoms with Gasteiger partial charge in [-0.15, -0.1) is 0 Å². The SMILES string of the molecule is NC(=O)CCC(NC(=O)C(Cc1cnc[nH]1)NC(=O)C(N)CO)C(=O)NCC(=O)O. The molecule has 0 aliphatic heterocycles. The molecule has 0 aliphatic rings. The van der Waals surface area contributed by atoms with Gasteiger partial charge in [-0.1, -0.05) is 0 Å². The number of aromatic nitrogens is 2. The van der Waals surface area contributed by atoms with E-state index in [1.807, 2.05) is 0 Å². The average Bonchev–Trinajstić information content (AvgIpc) is 3.20. The van der Waals surface area contributed by atoms with Crippen LogP contribution in [0, 0.1) is 0 Å². The second-order valence-electron chi connectivity index (χ2n) is 6.31. The Bertz CT molecular complexity index is 753. The van der Waals surface area contributed by atoms with Gasteiger partial charge in [0.25, 0.3) is 0 Å². The van der Waals surface area contributed by atoms with E-state index >= 15 is 0 Å². The number of primary amides is 1. The zero-order chi connectivity index (χ0) is 22.7. The number of H-pyrrole nitrogens is 1. The van der Waals surface area contributed by atoms with Crippen LogP contribution in [0.15, 0.2) is 12.5 Å². The molecule has 1 rings (SSSR count). The Hall–Kier alpha value is -3.52. The van der Waals surface area contributed by atoms with E-state index in [-0.39, 0.29) is 19.3 Å². The number of amides is 4. The standard InChI is InChI=1S/C16H25N7O7/c17-9(6-24)14(28)23-11(3-8-4-19-7-21-8)16(30)22-10(1-2-12(18)25)15(29)20-5-13(26)27/h4,7,9-11,24H,1-3,5-6,17H2,(H2,18,25)(H,19,21)(H,20,29)(H,22,30)(H,23,28)(H,26,27). The van der Waals surface area contributed by atoms with Crippen molar-refractivity contribution in [3.05, 3.63) is 18.2 Å². The smallest absolute Gasteiger partial charge is 0.322 e. The highest BCUT2D eigenvalue weighted by Crippen LogP contribution is 2.03. The van der Waals surface area contributed by atoms with Gasteiger partial charge in [0.15, 0.2) is 0 Å². The van der Waals surface area contributed by atoms with Gasteiger partial charge in [0.2, 0.25) is 23.6 Å². The zero-order valence-electron chi connectivity index (χ0n) is 16.0. The van der Waals surface area contributed by atoms with Gasteiger partial charge in [0.05, 0.1) is 12.9 Å². The number of carboxylic acids is 1. The maximum Gasteiger partial charge on any atom is 0.322 e. The maximum absolute atomic E-state index is 12.7. The highest BCUT2D eigenvalue weighted by atomic mass is 16.4. The van der Waals surface area contributed by atoms with Crippen molar-refractivity contribution >= 4 is 29.6 Å². The number of carbonyl (C=O) groups is 5. The fourth-order valence-corrected chi connectivity index (χ4v) is 2.30. The first-order valence-electron chi connectivity index (χ1n) is 8.86. The van der Waals surface area contributed by atoms with Gasteiger partial charge in [-0.25, -0.2) is 4.98 Å². The highest BCUT2D eigenvalue weighted by molar-refractivity contribution is 5.94. The van der Waals surface area contributed by atoms with Gasteiger partial charge in [0.1, 0.15) is 24.7 Å². The molecular formula is C16H25N7O7. The van der Waals surface area contributed by atoms with E-state index in [9.17, 15) is 24.0 Å². The van der Waals surface area contributed by atoms with Crippen molar-refractivity contribution in [2.45, 2.75) is 37.4 Å². The number of aliphatic hydroxyl groups is 1. The molecule has 1 heterocycles. The summed E-state index contributed by atoms with van der Waals surface area (Å²) < 4.78 is 0. The van der Waals surface area contributed by atoms with Crippen molar-refractivity contribution in [1.82, 2.24) is 25.9 Å². The fraction of sp³-hybridized carbons (Fsp3) is 0.500. The van der Waals surface area contributed by atoms with Crippen LogP contribution >= 0.6 is 0 Å². The molecule has 0 fully saturated rings. The lowest BCUT2D eigenvalue weighted by molar-refractivity contribution is -0.138. The van der Waals surface area contributed by atoms with Crippen LogP contribution in [0.1, 0.15) is 18.5 Å². The molecule has 14 heteroatoms. The Kier molecular flexibility index (Phi) is 9.91. The molecule has 0 spiro atoms. The van der Waals surface area contributed by atoms with Crippen molar-refractivity contribution in [3.63, 3.8) is 0 Å². The van der Waals surface area contributed by atoms with E-state index in [1.54, 1.807) is 0 Å². The van der Waals surface area contributed by atoms with Crippen molar-refractivity contribution in [1.29, 1.82) is 0 Å². The first-order chi connectivity index (χ1) is 14.1. The van der Waals surface area contributed by atoms with Crippen molar-refractivity contribution in [3.8, 4) is 0 Å². The lowest BCUT2D eigenvalue weighted by Gasteiger charge is -2.23. The van der Waals surface area contributed by atoms with Gasteiger partial charge in [0, 0.05) is 24.7 Å². The van der Waals surface area contributed by atoms with Gasteiger partial charge >= 0.3 is 5.97 Å². The number of carbonyl (C=O) groups excluding carboxylic acids is 4. The fourth-order valence-electron chi connectivity index (χ4n) is 2.30. The van der Waals surface area contributed by atoms with Crippen LogP contribution in [0.2, 0.25) is 0 Å². The zero-order valence-corrected chi connectivity index (χ0v) is 16.0. The Labute approximate surface area is 170 Å². The largest absolute Gasteiger partial charge is 0.480 e. The topological polar surface area (TPSA) is 243 Å². The molecule has 10 N–H and O–H groups in total. The van der Waals surface area contributed by atoms with Gasteiger partial charge in [-0.05, 0) is 6.42 Å². The van der Waals surface area contributed by atoms with E-state index in [4.69, 9.17) is 21.7 Å². The minimum absolute atomic E-state index is 0.0466. The number of aliphatic hydroxyl groups excluding tert-OH is 1. The molecule has 1 aromatic heterocycles. The number of carboxylic acid groups (broad SMARTS) is 1. The normalized spacial score (nSPS) is 13.5. The Morgan fingerprint density at radius 1 is 1.10 bits per heavy atom. The minimum Gasteiger partial charge on any atom is -0.480 e. The molecule has 0 aliphatic carbocycles. The first-order valence-corrected chi connectivity index (χ1v) is 8.86. The van der Waals surface area contributed by atoms with Crippen LogP contribution < -0.4 is 27.4 Å². The molecule has 4 amide bonds. The van der Waals surface area contributed by atoms with Gasteiger partial charge in [-0.2, -0.15) is 0 Å².